The number of aliphatic hydroxyl groups is 1. The number of aromatic hydroxyl groups is 1. The number of tetrazole rings is 1. The van der Waals surface area contributed by atoms with Gasteiger partial charge in [-0.2, -0.15) is 4.68 Å². The van der Waals surface area contributed by atoms with Crippen molar-refractivity contribution in [3.63, 3.8) is 0 Å². The van der Waals surface area contributed by atoms with Gasteiger partial charge >= 0.3 is 0 Å². The summed E-state index contributed by atoms with van der Waals surface area (Å²) in [6, 6.07) is 21.1. The highest BCUT2D eigenvalue weighted by molar-refractivity contribution is 7.99. The maximum absolute atomic E-state index is 12.0. The first-order valence-corrected chi connectivity index (χ1v) is 14.5. The van der Waals surface area contributed by atoms with Crippen molar-refractivity contribution in [3.05, 3.63) is 89.5 Å². The third-order valence-corrected chi connectivity index (χ3v) is 7.81. The molecular weight excluding hydrogens is 613 g/mol. The zero-order valence-electron chi connectivity index (χ0n) is 21.2. The highest BCUT2D eigenvalue weighted by atomic mass is 35.6. The monoisotopic (exact) mass is 635 g/mol. The second kappa shape index (κ2) is 13.0. The Morgan fingerprint density at radius 1 is 1.00 bits per heavy atom. The van der Waals surface area contributed by atoms with Gasteiger partial charge in [0.1, 0.15) is 5.75 Å². The number of phenolic OH excluding ortho intramolecular Hbond substituents is 1. The van der Waals surface area contributed by atoms with Gasteiger partial charge in [-0.3, -0.25) is 4.79 Å². The van der Waals surface area contributed by atoms with Crippen LogP contribution in [0.25, 0.3) is 5.69 Å². The highest BCUT2D eigenvalue weighted by Crippen LogP contribution is 2.39. The summed E-state index contributed by atoms with van der Waals surface area (Å²) in [7, 11) is 0. The summed E-state index contributed by atoms with van der Waals surface area (Å²) in [6.07, 6.45) is -0.665. The molecular formula is C27H24Cl3N5O5S. The molecule has 41 heavy (non-hydrogen) atoms. The number of ether oxygens (including phenoxy) is 2. The van der Waals surface area contributed by atoms with Crippen LogP contribution < -0.4 is 5.32 Å². The van der Waals surface area contributed by atoms with Crippen LogP contribution in [0, 0.1) is 0 Å². The zero-order valence-corrected chi connectivity index (χ0v) is 24.3. The van der Waals surface area contributed by atoms with E-state index in [0.717, 1.165) is 16.7 Å². The third-order valence-electron chi connectivity index (χ3n) is 6.25. The van der Waals surface area contributed by atoms with Crippen LogP contribution in [-0.2, 0) is 20.9 Å². The maximum Gasteiger partial charge on any atom is 0.276 e. The molecule has 0 saturated carbocycles. The van der Waals surface area contributed by atoms with Crippen LogP contribution in [0.5, 0.6) is 5.75 Å². The number of thioether (sulfide) groups is 1. The normalized spacial score (nSPS) is 19.2. The summed E-state index contributed by atoms with van der Waals surface area (Å²) in [6.45, 7) is -0.0479. The van der Waals surface area contributed by atoms with Crippen molar-refractivity contribution in [2.24, 2.45) is 0 Å². The van der Waals surface area contributed by atoms with Gasteiger partial charge in [-0.15, -0.1) is 5.10 Å². The van der Waals surface area contributed by atoms with Crippen molar-refractivity contribution < 1.29 is 24.5 Å². The standard InChI is InChI=1S/C27H24Cl3N5O5S/c28-27(29,30)25(38)31-19-7-5-18(6-8-19)24-39-22(13-23(40-24)17-3-1-16(14-36)2-4-17)15-41-26-32-33-34-35(26)20-9-11-21(37)12-10-20/h1-12,22-24,36-37H,13-15H2,(H,31,38)/t22-,23+,24+/m1/s1. The second-order valence-electron chi connectivity index (χ2n) is 9.12. The fourth-order valence-electron chi connectivity index (χ4n) is 4.14. The van der Waals surface area contributed by atoms with E-state index >= 15 is 0 Å². The molecule has 0 spiro atoms. The van der Waals surface area contributed by atoms with Gasteiger partial charge in [-0.1, -0.05) is 83.0 Å². The Balaban J connectivity index is 1.33. The Kier molecular flexibility index (Phi) is 9.35. The van der Waals surface area contributed by atoms with Gasteiger partial charge in [0.25, 0.3) is 9.70 Å². The summed E-state index contributed by atoms with van der Waals surface area (Å²) in [5.74, 6) is -0.0871. The van der Waals surface area contributed by atoms with Crippen LogP contribution in [0.1, 0.15) is 35.5 Å². The topological polar surface area (TPSA) is 132 Å². The van der Waals surface area contributed by atoms with Crippen LogP contribution in [0.4, 0.5) is 5.69 Å². The molecule has 2 heterocycles. The average molecular weight is 637 g/mol. The Labute approximate surface area is 254 Å². The molecule has 10 nitrogen and oxygen atoms in total. The first-order valence-electron chi connectivity index (χ1n) is 12.4. The Hall–Kier alpha value is -2.90. The number of nitrogens with one attached hydrogen (secondary N) is 1. The molecule has 0 unspecified atom stereocenters. The van der Waals surface area contributed by atoms with Gasteiger partial charge in [0, 0.05) is 23.4 Å². The van der Waals surface area contributed by atoms with Gasteiger partial charge in [0.15, 0.2) is 6.29 Å². The molecule has 1 aliphatic rings. The quantitative estimate of drug-likeness (QED) is 0.169. The third kappa shape index (κ3) is 7.49. The lowest BCUT2D eigenvalue weighted by Crippen LogP contribution is -2.31. The minimum atomic E-state index is -2.08. The number of rotatable bonds is 8. The number of carbonyl (C=O) groups is 1. The number of hydrogen-bond acceptors (Lipinski definition) is 9. The lowest BCUT2D eigenvalue weighted by Gasteiger charge is -2.36. The predicted molar refractivity (Wildman–Crippen MR) is 155 cm³/mol. The van der Waals surface area contributed by atoms with Crippen molar-refractivity contribution in [3.8, 4) is 11.4 Å². The maximum atomic E-state index is 12.0. The molecule has 0 radical (unpaired) electrons. The van der Waals surface area contributed by atoms with Crippen molar-refractivity contribution in [1.82, 2.24) is 20.2 Å². The molecule has 14 heteroatoms. The van der Waals surface area contributed by atoms with Crippen molar-refractivity contribution in [2.45, 2.75) is 40.5 Å². The Morgan fingerprint density at radius 2 is 1.68 bits per heavy atom. The molecule has 5 rings (SSSR count). The zero-order chi connectivity index (χ0) is 29.0. The molecule has 4 aromatic rings. The molecule has 3 aromatic carbocycles. The molecule has 1 aliphatic heterocycles. The van der Waals surface area contributed by atoms with Crippen molar-refractivity contribution >= 4 is 58.2 Å². The number of hydrogen-bond donors (Lipinski definition) is 3. The van der Waals surface area contributed by atoms with Gasteiger partial charge < -0.3 is 25.0 Å². The first-order chi connectivity index (χ1) is 19.7. The number of aromatic nitrogens is 4. The molecule has 214 valence electrons. The fraction of sp³-hybridized carbons (Fsp3) is 0.259. The van der Waals surface area contributed by atoms with Gasteiger partial charge in [0.05, 0.1) is 24.5 Å². The van der Waals surface area contributed by atoms with Gasteiger partial charge in [-0.05, 0) is 58.0 Å². The number of benzene rings is 3. The highest BCUT2D eigenvalue weighted by Gasteiger charge is 2.33. The van der Waals surface area contributed by atoms with Crippen LogP contribution >= 0.6 is 46.6 Å². The number of carbonyl (C=O) groups excluding carboxylic acids is 1. The van der Waals surface area contributed by atoms with Crippen molar-refractivity contribution in [2.75, 3.05) is 11.1 Å². The molecule has 0 bridgehead atoms. The number of aliphatic hydroxyl groups excluding tert-OH is 1. The van der Waals surface area contributed by atoms with E-state index in [2.05, 4.69) is 20.8 Å². The Bertz CT molecular complexity index is 1470. The average Bonchev–Trinajstić information content (AvgIpc) is 3.45. The largest absolute Gasteiger partial charge is 0.508 e. The summed E-state index contributed by atoms with van der Waals surface area (Å²) in [4.78, 5) is 12.0. The number of amides is 1. The van der Waals surface area contributed by atoms with E-state index < -0.39 is 16.0 Å². The summed E-state index contributed by atoms with van der Waals surface area (Å²) in [5, 5.41) is 34.2. The SMILES string of the molecule is O=C(Nc1ccc([C@H]2O[C@@H](CSc3nnnn3-c3ccc(O)cc3)C[C@@H](c3ccc(CO)cc3)O2)cc1)C(Cl)(Cl)Cl. The van der Waals surface area contributed by atoms with Crippen LogP contribution in [-0.4, -0.2) is 52.0 Å². The molecule has 1 saturated heterocycles. The van der Waals surface area contributed by atoms with Crippen LogP contribution in [0.2, 0.25) is 0 Å². The molecule has 0 aliphatic carbocycles. The van der Waals surface area contributed by atoms with E-state index in [4.69, 9.17) is 44.3 Å². The van der Waals surface area contributed by atoms with Gasteiger partial charge in [-0.25, -0.2) is 0 Å². The number of halogens is 3. The molecule has 1 amide bonds. The summed E-state index contributed by atoms with van der Waals surface area (Å²) >= 11 is 18.4. The minimum Gasteiger partial charge on any atom is -0.508 e. The molecule has 1 fully saturated rings. The molecule has 1 aromatic heterocycles. The Morgan fingerprint density at radius 3 is 2.34 bits per heavy atom. The number of nitrogens with zero attached hydrogens (tertiary/aromatic N) is 4. The summed E-state index contributed by atoms with van der Waals surface area (Å²) < 4.78 is 12.2. The number of alkyl halides is 3. The van der Waals surface area contributed by atoms with E-state index in [-0.39, 0.29) is 24.6 Å². The summed E-state index contributed by atoms with van der Waals surface area (Å²) in [5.41, 5.74) is 3.65. The van der Waals surface area contributed by atoms with Crippen LogP contribution in [0.3, 0.4) is 0 Å². The van der Waals surface area contributed by atoms with Gasteiger partial charge in [0.2, 0.25) is 5.16 Å². The minimum absolute atomic E-state index is 0.0479. The van der Waals surface area contributed by atoms with E-state index in [1.165, 1.54) is 11.8 Å². The van der Waals surface area contributed by atoms with Crippen molar-refractivity contribution in [1.29, 1.82) is 0 Å². The molecule has 3 N–H and O–H groups in total. The second-order valence-corrected chi connectivity index (χ2v) is 12.4. The fourth-order valence-corrected chi connectivity index (χ4v) is 5.19. The lowest BCUT2D eigenvalue weighted by molar-refractivity contribution is -0.245. The van der Waals surface area contributed by atoms with E-state index in [1.54, 1.807) is 53.2 Å². The molecule has 3 atom stereocenters. The number of anilines is 1. The lowest BCUT2D eigenvalue weighted by atomic mass is 10.0. The number of phenols is 1. The smallest absolute Gasteiger partial charge is 0.276 e. The predicted octanol–water partition coefficient (Wildman–Crippen LogP) is 5.51. The first kappa shape index (κ1) is 29.6. The van der Waals surface area contributed by atoms with Crippen LogP contribution in [0.15, 0.2) is 78.0 Å². The van der Waals surface area contributed by atoms with E-state index in [9.17, 15) is 15.0 Å². The van der Waals surface area contributed by atoms with E-state index in [0.29, 0.717) is 28.7 Å². The van der Waals surface area contributed by atoms with E-state index in [1.807, 2.05) is 24.3 Å².